The van der Waals surface area contributed by atoms with Crippen molar-refractivity contribution in [2.75, 3.05) is 0 Å². The van der Waals surface area contributed by atoms with E-state index in [9.17, 15) is 0 Å². The Kier molecular flexibility index (Phi) is 11.7. The molecular weight excluding hydrogens is 220 g/mol. The molecule has 0 aliphatic heterocycles. The number of hydrogen-bond donors (Lipinski definition) is 1. The highest BCUT2D eigenvalue weighted by molar-refractivity contribution is 5.29. The third kappa shape index (κ3) is 12.1. The van der Waals surface area contributed by atoms with Gasteiger partial charge in [0.1, 0.15) is 6.10 Å². The van der Waals surface area contributed by atoms with Crippen LogP contribution in [-0.4, -0.2) is 11.2 Å². The Morgan fingerprint density at radius 3 is 2.56 bits per heavy atom. The largest absolute Gasteiger partial charge is 0.377 e. The Morgan fingerprint density at radius 2 is 1.83 bits per heavy atom. The van der Waals surface area contributed by atoms with Crippen LogP contribution in [0.1, 0.15) is 25.7 Å². The van der Waals surface area contributed by atoms with Crippen molar-refractivity contribution < 1.29 is 5.11 Å². The van der Waals surface area contributed by atoms with Gasteiger partial charge in [0.05, 0.1) is 0 Å². The van der Waals surface area contributed by atoms with Gasteiger partial charge in [-0.3, -0.25) is 0 Å². The minimum Gasteiger partial charge on any atom is -0.377 e. The van der Waals surface area contributed by atoms with Crippen LogP contribution in [0.3, 0.4) is 0 Å². The molecule has 0 aromatic heterocycles. The van der Waals surface area contributed by atoms with E-state index >= 15 is 0 Å². The second-order valence-corrected chi connectivity index (χ2v) is 3.53. The predicted octanol–water partition coefficient (Wildman–Crippen LogP) is 3.40. The molecule has 0 spiro atoms. The third-order valence-corrected chi connectivity index (χ3v) is 1.98. The van der Waals surface area contributed by atoms with Gasteiger partial charge in [-0.15, -0.1) is 6.58 Å². The van der Waals surface area contributed by atoms with Crippen molar-refractivity contribution in [2.45, 2.75) is 31.8 Å². The van der Waals surface area contributed by atoms with Crippen molar-refractivity contribution in [1.29, 1.82) is 0 Å². The van der Waals surface area contributed by atoms with Crippen LogP contribution in [0.4, 0.5) is 0 Å². The Bertz CT molecular complexity index is 404. The van der Waals surface area contributed by atoms with Crippen LogP contribution < -0.4 is 0 Å². The fourth-order valence-electron chi connectivity index (χ4n) is 1.02. The van der Waals surface area contributed by atoms with E-state index in [1.165, 1.54) is 6.08 Å². The van der Waals surface area contributed by atoms with E-state index in [1.807, 2.05) is 24.3 Å². The van der Waals surface area contributed by atoms with Gasteiger partial charge in [-0.05, 0) is 31.1 Å². The van der Waals surface area contributed by atoms with Gasteiger partial charge in [0.15, 0.2) is 0 Å². The number of aliphatic hydroxyl groups excluding tert-OH is 1. The summed E-state index contributed by atoms with van der Waals surface area (Å²) in [6.45, 7) is 7.09. The molecule has 0 aromatic rings. The summed E-state index contributed by atoms with van der Waals surface area (Å²) in [6.07, 6.45) is 14.6. The molecule has 0 fully saturated rings. The molecule has 1 atom stereocenters. The summed E-state index contributed by atoms with van der Waals surface area (Å²) in [5.41, 5.74) is 0. The van der Waals surface area contributed by atoms with E-state index in [0.717, 1.165) is 19.3 Å². The van der Waals surface area contributed by atoms with Gasteiger partial charge in [0.25, 0.3) is 0 Å². The number of unbranched alkanes of at least 4 members (excludes halogenated alkanes) is 2. The minimum absolute atomic E-state index is 0.663. The lowest BCUT2D eigenvalue weighted by Crippen LogP contribution is -1.94. The van der Waals surface area contributed by atoms with Gasteiger partial charge >= 0.3 is 0 Å². The van der Waals surface area contributed by atoms with Crippen molar-refractivity contribution in [3.8, 4) is 23.7 Å². The van der Waals surface area contributed by atoms with Crippen molar-refractivity contribution in [3.05, 3.63) is 49.6 Å². The summed E-state index contributed by atoms with van der Waals surface area (Å²) in [4.78, 5) is 0. The molecule has 1 N–H and O–H groups in total. The standard InChI is InChI=1S/C17H20O/c1-3-5-6-7-8-9-10-11-12-13-14-15-16-17(18)4-2/h3-4,8-11,17-18H,1-2,5-7,12H2/t17-/m1/s1. The Hall–Kier alpha value is -1.96. The SMILES string of the molecule is C=CCCCC=CC=CCC#CC#C[C@H](O)C=C. The minimum atomic E-state index is -0.784. The molecule has 0 radical (unpaired) electrons. The van der Waals surface area contributed by atoms with Crippen LogP contribution in [-0.2, 0) is 0 Å². The van der Waals surface area contributed by atoms with E-state index in [4.69, 9.17) is 5.11 Å². The quantitative estimate of drug-likeness (QED) is 0.313. The van der Waals surface area contributed by atoms with E-state index in [0.29, 0.717) is 6.42 Å². The maximum Gasteiger partial charge on any atom is 0.134 e. The van der Waals surface area contributed by atoms with Gasteiger partial charge in [-0.2, -0.15) is 0 Å². The fraction of sp³-hybridized carbons (Fsp3) is 0.294. The van der Waals surface area contributed by atoms with Crippen LogP contribution in [0.15, 0.2) is 49.6 Å². The molecule has 1 nitrogen and oxygen atoms in total. The molecule has 0 amide bonds. The molecule has 0 saturated carbocycles. The van der Waals surface area contributed by atoms with Crippen LogP contribution in [0.25, 0.3) is 0 Å². The molecule has 0 aromatic carbocycles. The highest BCUT2D eigenvalue weighted by atomic mass is 16.3. The van der Waals surface area contributed by atoms with E-state index < -0.39 is 6.10 Å². The first-order chi connectivity index (χ1) is 8.81. The second kappa shape index (κ2) is 13.1. The fourth-order valence-corrected chi connectivity index (χ4v) is 1.02. The van der Waals surface area contributed by atoms with Crippen LogP contribution in [0.5, 0.6) is 0 Å². The number of allylic oxidation sites excluding steroid dienone is 5. The highest BCUT2D eigenvalue weighted by Crippen LogP contribution is 1.96. The third-order valence-electron chi connectivity index (χ3n) is 1.98. The van der Waals surface area contributed by atoms with Gasteiger partial charge in [-0.1, -0.05) is 54.9 Å². The summed E-state index contributed by atoms with van der Waals surface area (Å²) >= 11 is 0. The molecule has 94 valence electrons. The smallest absolute Gasteiger partial charge is 0.134 e. The number of aliphatic hydroxyl groups is 1. The molecule has 0 aliphatic carbocycles. The molecule has 0 heterocycles. The molecule has 0 unspecified atom stereocenters. The maximum absolute atomic E-state index is 9.03. The van der Waals surface area contributed by atoms with Crippen molar-refractivity contribution in [2.24, 2.45) is 0 Å². The Balaban J connectivity index is 3.70. The average Bonchev–Trinajstić information content (AvgIpc) is 2.39. The average molecular weight is 240 g/mol. The van der Waals surface area contributed by atoms with Crippen LogP contribution >= 0.6 is 0 Å². The summed E-state index contributed by atoms with van der Waals surface area (Å²) in [5, 5.41) is 9.03. The Morgan fingerprint density at radius 1 is 1.06 bits per heavy atom. The monoisotopic (exact) mass is 240 g/mol. The van der Waals surface area contributed by atoms with E-state index in [-0.39, 0.29) is 0 Å². The van der Waals surface area contributed by atoms with Gasteiger partial charge in [0.2, 0.25) is 0 Å². The Labute approximate surface area is 111 Å². The van der Waals surface area contributed by atoms with Crippen LogP contribution in [0.2, 0.25) is 0 Å². The zero-order valence-electron chi connectivity index (χ0n) is 10.7. The molecule has 0 aliphatic rings. The van der Waals surface area contributed by atoms with E-state index in [1.54, 1.807) is 0 Å². The lowest BCUT2D eigenvalue weighted by molar-refractivity contribution is 0.281. The predicted molar refractivity (Wildman–Crippen MR) is 78.7 cm³/mol. The van der Waals surface area contributed by atoms with Gasteiger partial charge < -0.3 is 5.11 Å². The molecule has 1 heteroatoms. The maximum atomic E-state index is 9.03. The normalized spacial score (nSPS) is 11.4. The second-order valence-electron chi connectivity index (χ2n) is 3.53. The van der Waals surface area contributed by atoms with Gasteiger partial charge in [-0.25, -0.2) is 0 Å². The first kappa shape index (κ1) is 16.0. The van der Waals surface area contributed by atoms with Crippen molar-refractivity contribution in [3.63, 3.8) is 0 Å². The first-order valence-electron chi connectivity index (χ1n) is 6.03. The summed E-state index contributed by atoms with van der Waals surface area (Å²) in [7, 11) is 0. The highest BCUT2D eigenvalue weighted by Gasteiger charge is 1.83. The van der Waals surface area contributed by atoms with E-state index in [2.05, 4.69) is 42.9 Å². The summed E-state index contributed by atoms with van der Waals surface area (Å²) in [6, 6.07) is 0. The summed E-state index contributed by atoms with van der Waals surface area (Å²) in [5.74, 6) is 10.6. The summed E-state index contributed by atoms with van der Waals surface area (Å²) < 4.78 is 0. The molecular formula is C17H20O. The zero-order chi connectivity index (χ0) is 13.5. The first-order valence-corrected chi connectivity index (χ1v) is 6.03. The topological polar surface area (TPSA) is 20.2 Å². The molecule has 0 saturated heterocycles. The lowest BCUT2D eigenvalue weighted by Gasteiger charge is -1.86. The number of rotatable bonds is 7. The molecule has 0 rings (SSSR count). The molecule has 0 bridgehead atoms. The number of hydrogen-bond acceptors (Lipinski definition) is 1. The van der Waals surface area contributed by atoms with Crippen molar-refractivity contribution in [1.82, 2.24) is 0 Å². The lowest BCUT2D eigenvalue weighted by atomic mass is 10.2. The van der Waals surface area contributed by atoms with Gasteiger partial charge in [0, 0.05) is 6.42 Å². The van der Waals surface area contributed by atoms with Crippen LogP contribution in [0, 0.1) is 23.7 Å². The molecule has 18 heavy (non-hydrogen) atoms. The zero-order valence-corrected chi connectivity index (χ0v) is 10.7. The van der Waals surface area contributed by atoms with Crippen molar-refractivity contribution >= 4 is 0 Å².